The van der Waals surface area contributed by atoms with Crippen LogP contribution in [0.4, 0.5) is 4.39 Å². The molecular formula is C14H13FN2O2. The summed E-state index contributed by atoms with van der Waals surface area (Å²) in [6.45, 7) is 0.975. The van der Waals surface area contributed by atoms with Gasteiger partial charge in [0, 0.05) is 6.54 Å². The first-order chi connectivity index (χ1) is 9.18. The summed E-state index contributed by atoms with van der Waals surface area (Å²) in [6, 6.07) is 6.59. The summed E-state index contributed by atoms with van der Waals surface area (Å²) < 4.78 is 14.0. The highest BCUT2D eigenvalue weighted by Crippen LogP contribution is 2.24. The lowest BCUT2D eigenvalue weighted by Crippen LogP contribution is -2.31. The maximum absolute atomic E-state index is 14.0. The zero-order chi connectivity index (χ0) is 13.4. The maximum Gasteiger partial charge on any atom is 0.261 e. The van der Waals surface area contributed by atoms with E-state index >= 15 is 0 Å². The summed E-state index contributed by atoms with van der Waals surface area (Å²) in [5.74, 6) is -1.20. The molecule has 1 aromatic carbocycles. The average Bonchev–Trinajstić information content (AvgIpc) is 3.03. The number of hydrogen-bond acceptors (Lipinski definition) is 3. The van der Waals surface area contributed by atoms with Gasteiger partial charge in [-0.25, -0.2) is 4.39 Å². The van der Waals surface area contributed by atoms with Crippen LogP contribution in [-0.2, 0) is 0 Å². The van der Waals surface area contributed by atoms with Gasteiger partial charge in [-0.3, -0.25) is 14.5 Å². The number of carbonyl (C=O) groups is 2. The number of fused-ring (bicyclic) bond motifs is 1. The van der Waals surface area contributed by atoms with E-state index in [1.54, 1.807) is 24.3 Å². The number of amides is 2. The van der Waals surface area contributed by atoms with Gasteiger partial charge in [0.05, 0.1) is 17.7 Å². The molecule has 4 nitrogen and oxygen atoms in total. The number of nitrogens with one attached hydrogen (secondary N) is 1. The van der Waals surface area contributed by atoms with Gasteiger partial charge in [-0.05, 0) is 30.7 Å². The van der Waals surface area contributed by atoms with E-state index in [2.05, 4.69) is 5.32 Å². The Hall–Kier alpha value is -2.01. The molecule has 2 amide bonds. The summed E-state index contributed by atoms with van der Waals surface area (Å²) in [5, 5.41) is 3.03. The van der Waals surface area contributed by atoms with Crippen molar-refractivity contribution < 1.29 is 14.0 Å². The van der Waals surface area contributed by atoms with E-state index < -0.39 is 11.8 Å². The number of benzene rings is 1. The molecule has 0 radical (unpaired) electrons. The van der Waals surface area contributed by atoms with Crippen LogP contribution in [0.15, 0.2) is 35.7 Å². The molecule has 0 unspecified atom stereocenters. The highest BCUT2D eigenvalue weighted by Gasteiger charge is 2.35. The van der Waals surface area contributed by atoms with E-state index in [1.165, 1.54) is 0 Å². The molecule has 0 aromatic heterocycles. The first-order valence-corrected chi connectivity index (χ1v) is 6.21. The van der Waals surface area contributed by atoms with Gasteiger partial charge in [0.1, 0.15) is 5.83 Å². The molecule has 2 heterocycles. The van der Waals surface area contributed by atoms with E-state index in [0.717, 1.165) is 11.4 Å². The predicted molar refractivity (Wildman–Crippen MR) is 67.4 cm³/mol. The number of carbonyl (C=O) groups excluding carboxylic acids is 2. The van der Waals surface area contributed by atoms with Crippen molar-refractivity contribution in [3.63, 3.8) is 0 Å². The van der Waals surface area contributed by atoms with Crippen LogP contribution in [0.2, 0.25) is 0 Å². The van der Waals surface area contributed by atoms with Gasteiger partial charge in [-0.15, -0.1) is 0 Å². The maximum atomic E-state index is 14.0. The topological polar surface area (TPSA) is 49.4 Å². The fourth-order valence-electron chi connectivity index (χ4n) is 2.43. The lowest BCUT2D eigenvalue weighted by molar-refractivity contribution is 0.0659. The zero-order valence-electron chi connectivity index (χ0n) is 10.3. The second-order valence-corrected chi connectivity index (χ2v) is 4.68. The number of imide groups is 1. The number of hydrogen-bond donors (Lipinski definition) is 1. The van der Waals surface area contributed by atoms with Crippen molar-refractivity contribution >= 4 is 11.8 Å². The van der Waals surface area contributed by atoms with Gasteiger partial charge in [0.2, 0.25) is 0 Å². The Morgan fingerprint density at radius 1 is 1.21 bits per heavy atom. The van der Waals surface area contributed by atoms with Crippen LogP contribution in [0.1, 0.15) is 27.1 Å². The molecule has 19 heavy (non-hydrogen) atoms. The molecule has 0 spiro atoms. The first kappa shape index (κ1) is 12.0. The summed E-state index contributed by atoms with van der Waals surface area (Å²) in [4.78, 5) is 25.1. The van der Waals surface area contributed by atoms with Crippen molar-refractivity contribution in [2.45, 2.75) is 6.42 Å². The summed E-state index contributed by atoms with van der Waals surface area (Å²) in [6.07, 6.45) is 0.634. The molecule has 0 aliphatic carbocycles. The molecular weight excluding hydrogens is 247 g/mol. The van der Waals surface area contributed by atoms with E-state index in [0.29, 0.717) is 29.7 Å². The Bertz CT molecular complexity index is 552. The molecule has 5 heteroatoms. The average molecular weight is 260 g/mol. The van der Waals surface area contributed by atoms with Crippen molar-refractivity contribution in [3.8, 4) is 0 Å². The van der Waals surface area contributed by atoms with E-state index in [4.69, 9.17) is 0 Å². The van der Waals surface area contributed by atoms with Crippen molar-refractivity contribution in [2.24, 2.45) is 0 Å². The van der Waals surface area contributed by atoms with Gasteiger partial charge in [0.15, 0.2) is 0 Å². The third kappa shape index (κ3) is 1.96. The zero-order valence-corrected chi connectivity index (χ0v) is 10.3. The van der Waals surface area contributed by atoms with Gasteiger partial charge in [-0.2, -0.15) is 0 Å². The van der Waals surface area contributed by atoms with E-state index in [9.17, 15) is 14.0 Å². The minimum atomic E-state index is -0.415. The normalized spacial score (nSPS) is 21.0. The molecule has 0 saturated carbocycles. The monoisotopic (exact) mass is 260 g/mol. The summed E-state index contributed by atoms with van der Waals surface area (Å²) in [5.41, 5.74) is 1.36. The van der Waals surface area contributed by atoms with Crippen molar-refractivity contribution in [1.82, 2.24) is 10.2 Å². The molecule has 0 bridgehead atoms. The van der Waals surface area contributed by atoms with E-state index in [1.807, 2.05) is 0 Å². The molecule has 1 saturated heterocycles. The third-order valence-corrected chi connectivity index (χ3v) is 3.50. The molecule has 1 aromatic rings. The fraction of sp³-hybridized carbons (Fsp3) is 0.286. The van der Waals surface area contributed by atoms with Crippen molar-refractivity contribution in [3.05, 3.63) is 46.8 Å². The molecule has 2 aliphatic heterocycles. The minimum Gasteiger partial charge on any atom is -0.313 e. The Morgan fingerprint density at radius 2 is 1.84 bits per heavy atom. The Kier molecular flexibility index (Phi) is 2.91. The lowest BCUT2D eigenvalue weighted by Gasteiger charge is -2.13. The standard InChI is InChI=1S/C14H13FN2O2/c15-12(9-5-6-16-7-9)8-17-13(18)10-3-1-2-4-11(10)14(17)19/h1-4,16H,5-8H2/b12-9-. The molecule has 1 fully saturated rings. The Balaban J connectivity index is 1.86. The van der Waals surface area contributed by atoms with Crippen LogP contribution in [0.5, 0.6) is 0 Å². The molecule has 1 N–H and O–H groups in total. The van der Waals surface area contributed by atoms with E-state index in [-0.39, 0.29) is 12.4 Å². The van der Waals surface area contributed by atoms with Crippen LogP contribution >= 0.6 is 0 Å². The predicted octanol–water partition coefficient (Wildman–Crippen LogP) is 1.50. The number of nitrogens with zero attached hydrogens (tertiary/aromatic N) is 1. The fourth-order valence-corrected chi connectivity index (χ4v) is 2.43. The minimum absolute atomic E-state index is 0.261. The highest BCUT2D eigenvalue weighted by atomic mass is 19.1. The van der Waals surface area contributed by atoms with Gasteiger partial charge in [0.25, 0.3) is 11.8 Å². The number of rotatable bonds is 2. The summed E-state index contributed by atoms with van der Waals surface area (Å²) >= 11 is 0. The van der Waals surface area contributed by atoms with Crippen LogP contribution < -0.4 is 5.32 Å². The van der Waals surface area contributed by atoms with Crippen LogP contribution in [0.25, 0.3) is 0 Å². The second-order valence-electron chi connectivity index (χ2n) is 4.68. The SMILES string of the molecule is O=C1c2ccccc2C(=O)N1C/C(F)=C1\CCNC1. The molecule has 98 valence electrons. The van der Waals surface area contributed by atoms with Gasteiger partial charge < -0.3 is 5.32 Å². The van der Waals surface area contributed by atoms with Crippen LogP contribution in [0.3, 0.4) is 0 Å². The Labute approximate surface area is 109 Å². The van der Waals surface area contributed by atoms with Crippen LogP contribution in [-0.4, -0.2) is 36.3 Å². The number of halogens is 1. The first-order valence-electron chi connectivity index (χ1n) is 6.21. The van der Waals surface area contributed by atoms with Gasteiger partial charge >= 0.3 is 0 Å². The lowest BCUT2D eigenvalue weighted by atomic mass is 10.1. The Morgan fingerprint density at radius 3 is 2.37 bits per heavy atom. The largest absolute Gasteiger partial charge is 0.313 e. The van der Waals surface area contributed by atoms with Crippen molar-refractivity contribution in [2.75, 3.05) is 19.6 Å². The second kappa shape index (κ2) is 4.59. The molecule has 3 rings (SSSR count). The van der Waals surface area contributed by atoms with Gasteiger partial charge in [-0.1, -0.05) is 12.1 Å². The highest BCUT2D eigenvalue weighted by molar-refractivity contribution is 6.21. The smallest absolute Gasteiger partial charge is 0.261 e. The molecule has 0 atom stereocenters. The third-order valence-electron chi connectivity index (χ3n) is 3.50. The van der Waals surface area contributed by atoms with Crippen molar-refractivity contribution in [1.29, 1.82) is 0 Å². The summed E-state index contributed by atoms with van der Waals surface area (Å²) in [7, 11) is 0. The van der Waals surface area contributed by atoms with Crippen LogP contribution in [0, 0.1) is 0 Å². The quantitative estimate of drug-likeness (QED) is 0.820. The molecule has 2 aliphatic rings.